The minimum atomic E-state index is -5.08. The zero-order valence-electron chi connectivity index (χ0n) is 16.3. The van der Waals surface area contributed by atoms with Gasteiger partial charge in [0.2, 0.25) is 11.9 Å². The fourth-order valence-corrected chi connectivity index (χ4v) is 3.65. The van der Waals surface area contributed by atoms with Crippen LogP contribution in [0.4, 0.5) is 19.1 Å². The van der Waals surface area contributed by atoms with Crippen LogP contribution in [0.3, 0.4) is 0 Å². The number of carbonyl (C=O) groups is 2. The molecule has 0 bridgehead atoms. The molecule has 168 valence electrons. The van der Waals surface area contributed by atoms with Gasteiger partial charge in [-0.1, -0.05) is 0 Å². The average molecular weight is 442 g/mol. The molecule has 2 aliphatic rings. The summed E-state index contributed by atoms with van der Waals surface area (Å²) < 4.78 is 42.9. The smallest absolute Gasteiger partial charge is 0.475 e. The van der Waals surface area contributed by atoms with Gasteiger partial charge in [-0.3, -0.25) is 4.79 Å². The van der Waals surface area contributed by atoms with E-state index in [9.17, 15) is 18.0 Å². The number of carboxylic acids is 1. The second kappa shape index (κ2) is 9.33. The third-order valence-electron chi connectivity index (χ3n) is 5.15. The number of alkyl halides is 3. The molecule has 12 heteroatoms. The molecule has 2 N–H and O–H groups in total. The summed E-state index contributed by atoms with van der Waals surface area (Å²) in [6, 6.07) is 5.46. The van der Waals surface area contributed by atoms with Crippen LogP contribution < -0.4 is 10.2 Å². The first-order valence-corrected chi connectivity index (χ1v) is 9.47. The Kier molecular flexibility index (Phi) is 6.78. The van der Waals surface area contributed by atoms with E-state index in [1.165, 1.54) is 0 Å². The molecule has 2 fully saturated rings. The van der Waals surface area contributed by atoms with E-state index < -0.39 is 17.6 Å². The number of halogens is 3. The molecule has 31 heavy (non-hydrogen) atoms. The first kappa shape index (κ1) is 22.5. The van der Waals surface area contributed by atoms with Crippen LogP contribution in [0.25, 0.3) is 0 Å². The Balaban J connectivity index is 0.000000339. The lowest BCUT2D eigenvalue weighted by Gasteiger charge is -2.42. The Bertz CT molecular complexity index is 878. The summed E-state index contributed by atoms with van der Waals surface area (Å²) in [5.41, 5.74) is -0.552. The van der Waals surface area contributed by atoms with Crippen molar-refractivity contribution >= 4 is 17.8 Å². The summed E-state index contributed by atoms with van der Waals surface area (Å²) in [6.07, 6.45) is 1.44. The summed E-state index contributed by atoms with van der Waals surface area (Å²) in [7, 11) is 0. The minimum absolute atomic E-state index is 0.0158. The SMILES string of the molecule is O=C(NCc1ccco1)[C@@]12CCO[C@@H]1CCN(c1ncccn1)C2.O=C(O)C(F)(F)F. The fourth-order valence-electron chi connectivity index (χ4n) is 3.65. The van der Waals surface area contributed by atoms with Crippen LogP contribution in [0, 0.1) is 5.41 Å². The quantitative estimate of drug-likeness (QED) is 0.739. The van der Waals surface area contributed by atoms with Crippen molar-refractivity contribution in [3.63, 3.8) is 0 Å². The Labute approximate surface area is 175 Å². The topological polar surface area (TPSA) is 118 Å². The summed E-state index contributed by atoms with van der Waals surface area (Å²) in [5, 5.41) is 10.1. The van der Waals surface area contributed by atoms with Crippen LogP contribution in [0.2, 0.25) is 0 Å². The number of rotatable bonds is 4. The van der Waals surface area contributed by atoms with E-state index in [-0.39, 0.29) is 12.0 Å². The Morgan fingerprint density at radius 3 is 2.61 bits per heavy atom. The maximum atomic E-state index is 13.0. The van der Waals surface area contributed by atoms with Gasteiger partial charge in [-0.15, -0.1) is 0 Å². The molecule has 4 heterocycles. The molecule has 1 amide bonds. The molecule has 0 radical (unpaired) electrons. The number of hydrogen-bond acceptors (Lipinski definition) is 7. The number of furan rings is 1. The summed E-state index contributed by atoms with van der Waals surface area (Å²) in [5.74, 6) is -1.33. The van der Waals surface area contributed by atoms with Crippen LogP contribution in [-0.2, 0) is 20.9 Å². The zero-order valence-corrected chi connectivity index (χ0v) is 16.3. The van der Waals surface area contributed by atoms with E-state index in [4.69, 9.17) is 19.1 Å². The van der Waals surface area contributed by atoms with Gasteiger partial charge in [-0.25, -0.2) is 14.8 Å². The molecule has 2 aromatic rings. The van der Waals surface area contributed by atoms with Gasteiger partial charge in [-0.2, -0.15) is 13.2 Å². The molecule has 2 aromatic heterocycles. The minimum Gasteiger partial charge on any atom is -0.475 e. The number of fused-ring (bicyclic) bond motifs is 1. The second-order valence-corrected chi connectivity index (χ2v) is 7.09. The molecule has 0 aliphatic carbocycles. The van der Waals surface area contributed by atoms with E-state index >= 15 is 0 Å². The van der Waals surface area contributed by atoms with Crippen LogP contribution in [0.1, 0.15) is 18.6 Å². The number of aromatic nitrogens is 2. The van der Waals surface area contributed by atoms with Gasteiger partial charge in [0.05, 0.1) is 24.3 Å². The number of carboxylic acid groups (broad SMARTS) is 1. The van der Waals surface area contributed by atoms with E-state index in [1.54, 1.807) is 24.7 Å². The van der Waals surface area contributed by atoms with Gasteiger partial charge in [0, 0.05) is 32.1 Å². The van der Waals surface area contributed by atoms with E-state index in [1.807, 2.05) is 12.1 Å². The first-order valence-electron chi connectivity index (χ1n) is 9.47. The van der Waals surface area contributed by atoms with Gasteiger partial charge in [0.25, 0.3) is 0 Å². The highest BCUT2D eigenvalue weighted by molar-refractivity contribution is 5.84. The van der Waals surface area contributed by atoms with Crippen molar-refractivity contribution in [1.82, 2.24) is 15.3 Å². The maximum Gasteiger partial charge on any atom is 0.490 e. The number of nitrogens with zero attached hydrogens (tertiary/aromatic N) is 3. The molecule has 0 saturated carbocycles. The molecular formula is C19H21F3N4O5. The van der Waals surface area contributed by atoms with Crippen molar-refractivity contribution in [3.8, 4) is 0 Å². The largest absolute Gasteiger partial charge is 0.490 e. The van der Waals surface area contributed by atoms with Gasteiger partial charge in [0.15, 0.2) is 0 Å². The molecule has 9 nitrogen and oxygen atoms in total. The van der Waals surface area contributed by atoms with Gasteiger partial charge in [-0.05, 0) is 31.0 Å². The second-order valence-electron chi connectivity index (χ2n) is 7.09. The van der Waals surface area contributed by atoms with Crippen molar-refractivity contribution in [1.29, 1.82) is 0 Å². The fraction of sp³-hybridized carbons (Fsp3) is 0.474. The number of amides is 1. The highest BCUT2D eigenvalue weighted by atomic mass is 19.4. The number of piperidine rings is 1. The number of hydrogen-bond donors (Lipinski definition) is 2. The standard InChI is InChI=1S/C17H20N4O3.C2HF3O2/c22-15(20-11-13-3-1-9-23-13)17-5-10-24-14(17)4-8-21(12-17)16-18-6-2-7-19-16;3-2(4,5)1(6)7/h1-3,6-7,9,14H,4-5,8,10-12H2,(H,20,22);(H,6,7)/t14-,17-;/m1./s1. The third-order valence-corrected chi connectivity index (χ3v) is 5.15. The van der Waals surface area contributed by atoms with E-state index in [0.717, 1.165) is 18.7 Å². The number of carbonyl (C=O) groups excluding carboxylic acids is 1. The Morgan fingerprint density at radius 1 is 1.29 bits per heavy atom. The monoisotopic (exact) mass is 442 g/mol. The third kappa shape index (κ3) is 5.32. The normalized spacial score (nSPS) is 22.8. The van der Waals surface area contributed by atoms with Gasteiger partial charge >= 0.3 is 12.1 Å². The summed E-state index contributed by atoms with van der Waals surface area (Å²) >= 11 is 0. The van der Waals surface area contributed by atoms with Crippen LogP contribution in [0.15, 0.2) is 41.3 Å². The van der Waals surface area contributed by atoms with E-state index in [0.29, 0.717) is 32.1 Å². The lowest BCUT2D eigenvalue weighted by Crippen LogP contribution is -2.57. The molecule has 0 aromatic carbocycles. The summed E-state index contributed by atoms with van der Waals surface area (Å²) in [4.78, 5) is 32.6. The highest BCUT2D eigenvalue weighted by Gasteiger charge is 2.53. The molecule has 2 aliphatic heterocycles. The molecule has 4 rings (SSSR count). The molecular weight excluding hydrogens is 421 g/mol. The van der Waals surface area contributed by atoms with Crippen molar-refractivity contribution in [2.45, 2.75) is 31.7 Å². The molecule has 0 spiro atoms. The lowest BCUT2D eigenvalue weighted by atomic mass is 9.75. The lowest BCUT2D eigenvalue weighted by molar-refractivity contribution is -0.192. The molecule has 0 unspecified atom stereocenters. The van der Waals surface area contributed by atoms with Crippen LogP contribution >= 0.6 is 0 Å². The van der Waals surface area contributed by atoms with Crippen molar-refractivity contribution < 1.29 is 37.0 Å². The van der Waals surface area contributed by atoms with Crippen LogP contribution in [0.5, 0.6) is 0 Å². The van der Waals surface area contributed by atoms with Crippen LogP contribution in [-0.4, -0.2) is 58.9 Å². The van der Waals surface area contributed by atoms with Gasteiger partial charge in [0.1, 0.15) is 5.76 Å². The van der Waals surface area contributed by atoms with E-state index in [2.05, 4.69) is 20.2 Å². The molecule has 2 saturated heterocycles. The van der Waals surface area contributed by atoms with Crippen molar-refractivity contribution in [3.05, 3.63) is 42.6 Å². The zero-order chi connectivity index (χ0) is 22.5. The number of ether oxygens (including phenoxy) is 1. The van der Waals surface area contributed by atoms with Crippen molar-refractivity contribution in [2.75, 3.05) is 24.6 Å². The average Bonchev–Trinajstić information content (AvgIpc) is 3.42. The first-order chi connectivity index (χ1) is 14.7. The number of aliphatic carboxylic acids is 1. The molecule has 2 atom stereocenters. The highest BCUT2D eigenvalue weighted by Crippen LogP contribution is 2.41. The van der Waals surface area contributed by atoms with Crippen molar-refractivity contribution in [2.24, 2.45) is 5.41 Å². The van der Waals surface area contributed by atoms with Gasteiger partial charge < -0.3 is 24.5 Å². The Morgan fingerprint density at radius 2 is 2.00 bits per heavy atom. The predicted molar refractivity (Wildman–Crippen MR) is 99.9 cm³/mol. The number of anilines is 1. The number of nitrogens with one attached hydrogen (secondary N) is 1. The predicted octanol–water partition coefficient (Wildman–Crippen LogP) is 2.00. The Hall–Kier alpha value is -3.15. The summed E-state index contributed by atoms with van der Waals surface area (Å²) in [6.45, 7) is 2.37. The maximum absolute atomic E-state index is 13.0.